The summed E-state index contributed by atoms with van der Waals surface area (Å²) in [6.07, 6.45) is 0. The number of nitrogens with zero attached hydrogens (tertiary/aromatic N) is 1. The molecule has 1 amide bonds. The smallest absolute Gasteiger partial charge is 0.414 e. The first-order valence-corrected chi connectivity index (χ1v) is 10.9. The van der Waals surface area contributed by atoms with Crippen LogP contribution < -0.4 is 5.32 Å². The lowest BCUT2D eigenvalue weighted by Crippen LogP contribution is -2.33. The Balaban J connectivity index is 0.000000751. The fourth-order valence-corrected chi connectivity index (χ4v) is 3.59. The summed E-state index contributed by atoms with van der Waals surface area (Å²) in [6.45, 7) is 10.0. The van der Waals surface area contributed by atoms with E-state index < -0.39 is 17.9 Å². The Kier molecular flexibility index (Phi) is 11.1. The van der Waals surface area contributed by atoms with Gasteiger partial charge >= 0.3 is 17.9 Å². The molecule has 1 heterocycles. The highest BCUT2D eigenvalue weighted by molar-refractivity contribution is 7.15. The van der Waals surface area contributed by atoms with Crippen molar-refractivity contribution in [2.24, 2.45) is 0 Å². The number of anilines is 1. The zero-order chi connectivity index (χ0) is 24.3. The number of thiophene rings is 1. The van der Waals surface area contributed by atoms with Crippen molar-refractivity contribution in [2.75, 3.05) is 31.6 Å². The molecule has 0 aliphatic heterocycles. The summed E-state index contributed by atoms with van der Waals surface area (Å²) >= 11 is 1.35. The topological polar surface area (TPSA) is 133 Å². The molecule has 0 aliphatic carbocycles. The number of carboxylic acid groups (broad SMARTS) is 2. The maximum Gasteiger partial charge on any atom is 0.414 e. The van der Waals surface area contributed by atoms with Gasteiger partial charge in [-0.3, -0.25) is 9.69 Å². The molecule has 1 aromatic heterocycles. The number of ether oxygens (including phenoxy) is 1. The second-order valence-corrected chi connectivity index (χ2v) is 7.44. The number of likely N-dealkylation sites (N-methyl/N-ethyl adjacent to an activating group) is 1. The molecule has 0 bridgehead atoms. The van der Waals surface area contributed by atoms with Crippen LogP contribution >= 0.6 is 11.3 Å². The van der Waals surface area contributed by atoms with Crippen LogP contribution in [0.4, 0.5) is 5.00 Å². The normalized spacial score (nSPS) is 10.2. The van der Waals surface area contributed by atoms with Crippen molar-refractivity contribution in [1.29, 1.82) is 0 Å². The molecule has 0 saturated carbocycles. The fourth-order valence-electron chi connectivity index (χ4n) is 2.62. The van der Waals surface area contributed by atoms with E-state index in [4.69, 9.17) is 24.5 Å². The molecular weight excluding hydrogens is 436 g/mol. The van der Waals surface area contributed by atoms with Crippen molar-refractivity contribution < 1.29 is 34.1 Å². The number of carbonyl (C=O) groups is 4. The second kappa shape index (κ2) is 13.2. The first-order chi connectivity index (χ1) is 15.1. The van der Waals surface area contributed by atoms with Gasteiger partial charge in [0, 0.05) is 10.9 Å². The van der Waals surface area contributed by atoms with Crippen molar-refractivity contribution in [3.05, 3.63) is 40.8 Å². The molecule has 10 heteroatoms. The number of nitrogens with one attached hydrogen (secondary N) is 1. The Morgan fingerprint density at radius 2 is 1.56 bits per heavy atom. The van der Waals surface area contributed by atoms with E-state index in [1.807, 2.05) is 55.3 Å². The third-order valence-corrected chi connectivity index (χ3v) is 5.23. The molecule has 2 aromatic rings. The van der Waals surface area contributed by atoms with E-state index in [0.717, 1.165) is 29.8 Å². The van der Waals surface area contributed by atoms with E-state index in [1.54, 1.807) is 6.92 Å². The minimum Gasteiger partial charge on any atom is -0.473 e. The molecule has 0 unspecified atom stereocenters. The van der Waals surface area contributed by atoms with Crippen LogP contribution in [0.15, 0.2) is 29.6 Å². The predicted octanol–water partition coefficient (Wildman–Crippen LogP) is 3.34. The summed E-state index contributed by atoms with van der Waals surface area (Å²) < 4.78 is 5.22. The number of amides is 1. The average molecular weight is 465 g/mol. The van der Waals surface area contributed by atoms with Crippen LogP contribution in [0.3, 0.4) is 0 Å². The third kappa shape index (κ3) is 8.12. The van der Waals surface area contributed by atoms with Gasteiger partial charge in [0.15, 0.2) is 0 Å². The van der Waals surface area contributed by atoms with Gasteiger partial charge in [-0.15, -0.1) is 11.3 Å². The molecule has 2 rings (SSSR count). The van der Waals surface area contributed by atoms with Gasteiger partial charge in [0.2, 0.25) is 5.91 Å². The van der Waals surface area contributed by atoms with Crippen LogP contribution in [-0.4, -0.2) is 65.2 Å². The molecule has 1 aromatic carbocycles. The van der Waals surface area contributed by atoms with E-state index in [-0.39, 0.29) is 12.5 Å². The van der Waals surface area contributed by atoms with Crippen LogP contribution in [0.2, 0.25) is 0 Å². The summed E-state index contributed by atoms with van der Waals surface area (Å²) in [5.41, 5.74) is 3.29. The maximum absolute atomic E-state index is 12.5. The van der Waals surface area contributed by atoms with E-state index >= 15 is 0 Å². The molecule has 32 heavy (non-hydrogen) atoms. The van der Waals surface area contributed by atoms with Gasteiger partial charge in [-0.25, -0.2) is 14.4 Å². The lowest BCUT2D eigenvalue weighted by atomic mass is 10.0. The number of hydrogen-bond donors (Lipinski definition) is 3. The molecular formula is C22H28N2O7S. The molecule has 3 N–H and O–H groups in total. The highest BCUT2D eigenvalue weighted by Gasteiger charge is 2.23. The monoisotopic (exact) mass is 464 g/mol. The van der Waals surface area contributed by atoms with Crippen molar-refractivity contribution >= 4 is 40.2 Å². The summed E-state index contributed by atoms with van der Waals surface area (Å²) in [6, 6.07) is 7.95. The molecule has 0 spiro atoms. The Hall–Kier alpha value is -3.24. The van der Waals surface area contributed by atoms with Crippen molar-refractivity contribution in [3.8, 4) is 11.1 Å². The number of carboxylic acids is 2. The average Bonchev–Trinajstić information content (AvgIpc) is 3.16. The number of carbonyl (C=O) groups excluding carboxylic acids is 2. The zero-order valence-corrected chi connectivity index (χ0v) is 19.3. The van der Waals surface area contributed by atoms with Crippen molar-refractivity contribution in [3.63, 3.8) is 0 Å². The highest BCUT2D eigenvalue weighted by atomic mass is 32.1. The Bertz CT molecular complexity index is 922. The van der Waals surface area contributed by atoms with Crippen molar-refractivity contribution in [2.45, 2.75) is 27.7 Å². The molecule has 174 valence electrons. The minimum atomic E-state index is -1.82. The van der Waals surface area contributed by atoms with E-state index in [2.05, 4.69) is 5.32 Å². The maximum atomic E-state index is 12.5. The summed E-state index contributed by atoms with van der Waals surface area (Å²) in [4.78, 5) is 45.1. The standard InChI is InChI=1S/C20H26N2O3S.C2H2O4/c1-5-22(6-2)12-17(23)21-19-18(20(24)25-7-3)16(13-26-19)15-10-8-14(4)9-11-15;3-1(4)2(5)6/h8-11,13H,5-7,12H2,1-4H3,(H,21,23);(H,3,4)(H,5,6). The second-order valence-electron chi connectivity index (χ2n) is 6.56. The van der Waals surface area contributed by atoms with Crippen LogP contribution in [0.5, 0.6) is 0 Å². The summed E-state index contributed by atoms with van der Waals surface area (Å²) in [7, 11) is 0. The van der Waals surface area contributed by atoms with E-state index in [9.17, 15) is 9.59 Å². The molecule has 0 fully saturated rings. The van der Waals surface area contributed by atoms with Crippen molar-refractivity contribution in [1.82, 2.24) is 4.90 Å². The van der Waals surface area contributed by atoms with Gasteiger partial charge in [0.1, 0.15) is 10.6 Å². The summed E-state index contributed by atoms with van der Waals surface area (Å²) in [5, 5.41) is 20.1. The number of hydrogen-bond acceptors (Lipinski definition) is 7. The fraction of sp³-hybridized carbons (Fsp3) is 0.364. The molecule has 0 saturated heterocycles. The first-order valence-electron chi connectivity index (χ1n) is 9.98. The highest BCUT2D eigenvalue weighted by Crippen LogP contribution is 2.36. The number of aliphatic carboxylic acids is 2. The summed E-state index contributed by atoms with van der Waals surface area (Å²) in [5.74, 6) is -4.19. The van der Waals surface area contributed by atoms with Gasteiger partial charge in [-0.05, 0) is 32.5 Å². The Morgan fingerprint density at radius 3 is 2.03 bits per heavy atom. The van der Waals surface area contributed by atoms with Gasteiger partial charge in [-0.2, -0.15) is 0 Å². The van der Waals surface area contributed by atoms with Crippen LogP contribution in [0.25, 0.3) is 11.1 Å². The van der Waals surface area contributed by atoms with Gasteiger partial charge in [-0.1, -0.05) is 43.7 Å². The first kappa shape index (κ1) is 26.8. The molecule has 0 atom stereocenters. The number of benzene rings is 1. The largest absolute Gasteiger partial charge is 0.473 e. The third-order valence-electron chi connectivity index (χ3n) is 4.33. The van der Waals surface area contributed by atoms with E-state index in [1.165, 1.54) is 11.3 Å². The Labute approximate surface area is 190 Å². The minimum absolute atomic E-state index is 0.128. The van der Waals surface area contributed by atoms with Gasteiger partial charge in [0.05, 0.1) is 13.2 Å². The lowest BCUT2D eigenvalue weighted by Gasteiger charge is -2.17. The zero-order valence-electron chi connectivity index (χ0n) is 18.5. The quantitative estimate of drug-likeness (QED) is 0.400. The lowest BCUT2D eigenvalue weighted by molar-refractivity contribution is -0.159. The van der Waals surface area contributed by atoms with Crippen LogP contribution in [0.1, 0.15) is 36.7 Å². The molecule has 0 radical (unpaired) electrons. The number of aryl methyl sites for hydroxylation is 1. The van der Waals surface area contributed by atoms with Crippen LogP contribution in [-0.2, 0) is 19.1 Å². The van der Waals surface area contributed by atoms with Gasteiger partial charge < -0.3 is 20.3 Å². The van der Waals surface area contributed by atoms with Crippen LogP contribution in [0, 0.1) is 6.92 Å². The molecule has 0 aliphatic rings. The SMILES string of the molecule is CCOC(=O)c1c(-c2ccc(C)cc2)csc1NC(=O)CN(CC)CC.O=C(O)C(=O)O. The number of rotatable bonds is 8. The molecule has 9 nitrogen and oxygen atoms in total. The number of esters is 1. The van der Waals surface area contributed by atoms with Gasteiger partial charge in [0.25, 0.3) is 0 Å². The van der Waals surface area contributed by atoms with E-state index in [0.29, 0.717) is 17.1 Å². The predicted molar refractivity (Wildman–Crippen MR) is 122 cm³/mol. The Morgan fingerprint density at radius 1 is 1.00 bits per heavy atom.